The molecular formula is C19H17FN4O4S. The fraction of sp³-hybridized carbons (Fsp3) is 0.105. The van der Waals surface area contributed by atoms with Crippen molar-refractivity contribution in [3.63, 3.8) is 0 Å². The van der Waals surface area contributed by atoms with Gasteiger partial charge < -0.3 is 5.32 Å². The van der Waals surface area contributed by atoms with Gasteiger partial charge in [0.15, 0.2) is 5.69 Å². The van der Waals surface area contributed by atoms with Gasteiger partial charge in [-0.25, -0.2) is 22.6 Å². The van der Waals surface area contributed by atoms with Gasteiger partial charge in [0.1, 0.15) is 11.5 Å². The summed E-state index contributed by atoms with van der Waals surface area (Å²) in [5.74, 6) is -1.33. The Hall–Kier alpha value is -3.37. The zero-order valence-electron chi connectivity index (χ0n) is 15.3. The molecule has 3 N–H and O–H groups in total. The molecule has 0 fully saturated rings. The molecule has 1 heterocycles. The van der Waals surface area contributed by atoms with Crippen LogP contribution in [0.2, 0.25) is 0 Å². The highest BCUT2D eigenvalue weighted by atomic mass is 32.2. The number of aryl methyl sites for hydroxylation is 1. The smallest absolute Gasteiger partial charge is 0.276 e. The number of nitrogens with two attached hydrogens (primary N) is 1. The number of amides is 1. The van der Waals surface area contributed by atoms with Crippen LogP contribution < -0.4 is 15.9 Å². The van der Waals surface area contributed by atoms with E-state index >= 15 is 0 Å². The zero-order chi connectivity index (χ0) is 21.2. The van der Waals surface area contributed by atoms with E-state index in [-0.39, 0.29) is 17.1 Å². The van der Waals surface area contributed by atoms with Crippen LogP contribution >= 0.6 is 0 Å². The molecule has 150 valence electrons. The number of benzene rings is 2. The Morgan fingerprint density at radius 3 is 2.59 bits per heavy atom. The monoisotopic (exact) mass is 416 g/mol. The van der Waals surface area contributed by atoms with E-state index in [1.807, 2.05) is 0 Å². The van der Waals surface area contributed by atoms with Crippen LogP contribution in [-0.2, 0) is 16.6 Å². The van der Waals surface area contributed by atoms with Crippen molar-refractivity contribution in [2.45, 2.75) is 18.4 Å². The van der Waals surface area contributed by atoms with Crippen molar-refractivity contribution < 1.29 is 17.6 Å². The largest absolute Gasteiger partial charge is 0.346 e. The number of nitrogens with one attached hydrogen (secondary N) is 1. The van der Waals surface area contributed by atoms with E-state index in [1.165, 1.54) is 47.1 Å². The van der Waals surface area contributed by atoms with Crippen LogP contribution in [0.3, 0.4) is 0 Å². The first-order chi connectivity index (χ1) is 13.7. The number of para-hydroxylation sites is 1. The van der Waals surface area contributed by atoms with Crippen molar-refractivity contribution in [1.82, 2.24) is 15.1 Å². The molecule has 8 nitrogen and oxygen atoms in total. The fourth-order valence-corrected chi connectivity index (χ4v) is 3.25. The molecule has 0 aliphatic rings. The first kappa shape index (κ1) is 20.4. The molecule has 3 aromatic rings. The molecule has 2 aromatic carbocycles. The molecule has 0 aliphatic heterocycles. The van der Waals surface area contributed by atoms with Gasteiger partial charge in [0.05, 0.1) is 4.90 Å². The number of carbonyl (C=O) groups is 1. The van der Waals surface area contributed by atoms with Gasteiger partial charge in [0.2, 0.25) is 15.5 Å². The van der Waals surface area contributed by atoms with Gasteiger partial charge in [0, 0.05) is 18.3 Å². The quantitative estimate of drug-likeness (QED) is 0.648. The lowest BCUT2D eigenvalue weighted by molar-refractivity contribution is 0.0943. The highest BCUT2D eigenvalue weighted by Gasteiger charge is 2.17. The molecule has 10 heteroatoms. The minimum atomic E-state index is -3.88. The summed E-state index contributed by atoms with van der Waals surface area (Å²) < 4.78 is 38.1. The second-order valence-electron chi connectivity index (χ2n) is 6.24. The topological polar surface area (TPSA) is 124 Å². The molecule has 3 rings (SSSR count). The third kappa shape index (κ3) is 4.55. The van der Waals surface area contributed by atoms with Gasteiger partial charge in [-0.15, -0.1) is 0 Å². The number of primary sulfonamides is 1. The number of hydrogen-bond acceptors (Lipinski definition) is 5. The molecule has 29 heavy (non-hydrogen) atoms. The van der Waals surface area contributed by atoms with Crippen molar-refractivity contribution in [1.29, 1.82) is 0 Å². The zero-order valence-corrected chi connectivity index (χ0v) is 16.1. The Bertz CT molecular complexity index is 1260. The lowest BCUT2D eigenvalue weighted by Crippen LogP contribution is -2.31. The van der Waals surface area contributed by atoms with Crippen molar-refractivity contribution in [2.24, 2.45) is 5.14 Å². The van der Waals surface area contributed by atoms with Gasteiger partial charge >= 0.3 is 0 Å². The summed E-state index contributed by atoms with van der Waals surface area (Å²) in [7, 11) is -3.88. The standard InChI is InChI=1S/C19H17FN4O4S/c1-12-9-17(25)18(23-24(12)16-8-3-2-7-15(16)20)19(26)22-11-13-5-4-6-14(10-13)29(21,27)28/h2-10H,11H2,1H3,(H,22,26)(H2,21,27,28). The molecular weight excluding hydrogens is 399 g/mol. The first-order valence-electron chi connectivity index (χ1n) is 8.42. The number of nitrogens with zero attached hydrogens (tertiary/aromatic N) is 2. The second kappa shape index (κ2) is 7.94. The number of hydrogen-bond donors (Lipinski definition) is 2. The SMILES string of the molecule is Cc1cc(=O)c(C(=O)NCc2cccc(S(N)(=O)=O)c2)nn1-c1ccccc1F. The van der Waals surface area contributed by atoms with Crippen LogP contribution in [0.5, 0.6) is 0 Å². The second-order valence-corrected chi connectivity index (χ2v) is 7.80. The molecule has 0 saturated carbocycles. The van der Waals surface area contributed by atoms with Crippen molar-refractivity contribution in [2.75, 3.05) is 0 Å². The predicted octanol–water partition coefficient (Wildman–Crippen LogP) is 1.26. The van der Waals surface area contributed by atoms with Gasteiger partial charge in [-0.2, -0.15) is 5.10 Å². The highest BCUT2D eigenvalue weighted by Crippen LogP contribution is 2.13. The van der Waals surface area contributed by atoms with Crippen LogP contribution in [0.4, 0.5) is 4.39 Å². The van der Waals surface area contributed by atoms with Crippen LogP contribution in [0.1, 0.15) is 21.7 Å². The van der Waals surface area contributed by atoms with Crippen molar-refractivity contribution in [3.8, 4) is 5.69 Å². The van der Waals surface area contributed by atoms with Crippen LogP contribution in [0.15, 0.2) is 64.3 Å². The van der Waals surface area contributed by atoms with Crippen molar-refractivity contribution >= 4 is 15.9 Å². The lowest BCUT2D eigenvalue weighted by atomic mass is 10.2. The van der Waals surface area contributed by atoms with E-state index in [2.05, 4.69) is 10.4 Å². The summed E-state index contributed by atoms with van der Waals surface area (Å²) in [5, 5.41) is 11.6. The summed E-state index contributed by atoms with van der Waals surface area (Å²) in [6, 6.07) is 12.7. The maximum atomic E-state index is 14.1. The average Bonchev–Trinajstić information content (AvgIpc) is 2.67. The molecule has 1 aromatic heterocycles. The van der Waals surface area contributed by atoms with Crippen molar-refractivity contribution in [3.05, 3.63) is 87.6 Å². The molecule has 1 amide bonds. The first-order valence-corrected chi connectivity index (χ1v) is 9.97. The van der Waals surface area contributed by atoms with Crippen LogP contribution in [-0.4, -0.2) is 24.1 Å². The van der Waals surface area contributed by atoms with Gasteiger partial charge in [-0.05, 0) is 36.8 Å². The van der Waals surface area contributed by atoms with E-state index in [9.17, 15) is 22.4 Å². The third-order valence-corrected chi connectivity index (χ3v) is 4.99. The molecule has 0 saturated heterocycles. The van der Waals surface area contributed by atoms with Gasteiger partial charge in [0.25, 0.3) is 5.91 Å². The Labute approximate surface area is 165 Å². The van der Waals surface area contributed by atoms with E-state index < -0.39 is 32.9 Å². The highest BCUT2D eigenvalue weighted by molar-refractivity contribution is 7.89. The molecule has 0 atom stereocenters. The lowest BCUT2D eigenvalue weighted by Gasteiger charge is -2.12. The molecule has 0 spiro atoms. The summed E-state index contributed by atoms with van der Waals surface area (Å²) in [6.45, 7) is 1.51. The maximum absolute atomic E-state index is 14.1. The Morgan fingerprint density at radius 2 is 1.90 bits per heavy atom. The normalized spacial score (nSPS) is 11.3. The van der Waals surface area contributed by atoms with Gasteiger partial charge in [-0.1, -0.05) is 24.3 Å². The molecule has 0 radical (unpaired) electrons. The number of carbonyl (C=O) groups excluding carboxylic acids is 1. The summed E-state index contributed by atoms with van der Waals surface area (Å²) >= 11 is 0. The van der Waals surface area contributed by atoms with E-state index in [0.717, 1.165) is 0 Å². The fourth-order valence-electron chi connectivity index (χ4n) is 2.67. The summed E-state index contributed by atoms with van der Waals surface area (Å²) in [5.41, 5.74) is -0.115. The minimum Gasteiger partial charge on any atom is -0.346 e. The minimum absolute atomic E-state index is 0.0586. The molecule has 0 bridgehead atoms. The van der Waals surface area contributed by atoms with E-state index in [4.69, 9.17) is 5.14 Å². The number of halogens is 1. The number of rotatable bonds is 5. The van der Waals surface area contributed by atoms with Gasteiger partial charge in [-0.3, -0.25) is 9.59 Å². The number of aromatic nitrogens is 2. The summed E-state index contributed by atoms with van der Waals surface area (Å²) in [6.07, 6.45) is 0. The Morgan fingerprint density at radius 1 is 1.17 bits per heavy atom. The van der Waals surface area contributed by atoms with E-state index in [0.29, 0.717) is 11.3 Å². The maximum Gasteiger partial charge on any atom is 0.276 e. The average molecular weight is 416 g/mol. The van der Waals surface area contributed by atoms with Crippen LogP contribution in [0, 0.1) is 12.7 Å². The molecule has 0 unspecified atom stereocenters. The Kier molecular flexibility index (Phi) is 5.57. The Balaban J connectivity index is 1.88. The number of sulfonamides is 1. The predicted molar refractivity (Wildman–Crippen MR) is 104 cm³/mol. The molecule has 0 aliphatic carbocycles. The third-order valence-electron chi connectivity index (χ3n) is 4.08. The summed E-state index contributed by atoms with van der Waals surface area (Å²) in [4.78, 5) is 24.6. The van der Waals surface area contributed by atoms with Crippen LogP contribution in [0.25, 0.3) is 5.69 Å². The van der Waals surface area contributed by atoms with E-state index in [1.54, 1.807) is 19.1 Å².